The van der Waals surface area contributed by atoms with E-state index in [1.165, 1.54) is 4.90 Å². The van der Waals surface area contributed by atoms with Gasteiger partial charge in [-0.15, -0.1) is 0 Å². The van der Waals surface area contributed by atoms with Crippen molar-refractivity contribution < 1.29 is 14.1 Å². The van der Waals surface area contributed by atoms with Crippen molar-refractivity contribution in [1.29, 1.82) is 0 Å². The normalized spacial score (nSPS) is 27.8. The number of amides is 2. The summed E-state index contributed by atoms with van der Waals surface area (Å²) in [4.78, 5) is 35.2. The number of likely N-dealkylation sites (tertiary alicyclic amines) is 1. The first kappa shape index (κ1) is 19.6. The van der Waals surface area contributed by atoms with Crippen LogP contribution in [0.3, 0.4) is 0 Å². The number of carbonyl (C=O) groups excluding carboxylic acids is 2. The number of carbonyl (C=O) groups is 2. The minimum atomic E-state index is -0.109. The van der Waals surface area contributed by atoms with Gasteiger partial charge < -0.3 is 15.2 Å². The van der Waals surface area contributed by atoms with Gasteiger partial charge in [0.1, 0.15) is 0 Å². The third-order valence-corrected chi connectivity index (χ3v) is 6.07. The molecule has 9 nitrogen and oxygen atoms in total. The maximum Gasteiger partial charge on any atom is 0.233 e. The quantitative estimate of drug-likeness (QED) is 0.217. The van der Waals surface area contributed by atoms with Crippen LogP contribution in [0.15, 0.2) is 21.7 Å². The first-order chi connectivity index (χ1) is 14.1. The minimum Gasteiger partial charge on any atom is -0.356 e. The molecule has 2 amide bonds. The van der Waals surface area contributed by atoms with Crippen LogP contribution in [-0.4, -0.2) is 59.5 Å². The van der Waals surface area contributed by atoms with E-state index in [9.17, 15) is 9.59 Å². The molecule has 2 aliphatic carbocycles. The van der Waals surface area contributed by atoms with Gasteiger partial charge in [-0.1, -0.05) is 17.3 Å². The smallest absolute Gasteiger partial charge is 0.233 e. The minimum absolute atomic E-state index is 0.0237. The second-order valence-electron chi connectivity index (χ2n) is 7.95. The molecule has 3 aliphatic rings. The molecular formula is C20H28N6O3. The van der Waals surface area contributed by atoms with Gasteiger partial charge in [-0.2, -0.15) is 4.98 Å². The molecule has 1 aliphatic heterocycles. The summed E-state index contributed by atoms with van der Waals surface area (Å²) >= 11 is 0. The number of aromatic nitrogens is 2. The summed E-state index contributed by atoms with van der Waals surface area (Å²) in [6, 6.07) is 0. The Bertz CT molecular complexity index is 802. The standard InChI is InChI=1S/C20H28N6O3/c1-12-24-15(29-25-12)5-3-8-22-20(21-2)23-9-4-10-26-18(27)16-13-6-7-14(11-13)17(16)19(26)28/h6-7,13-14,16-17H,3-5,8-11H2,1-2H3,(H2,21,22,23). The summed E-state index contributed by atoms with van der Waals surface area (Å²) < 4.78 is 5.09. The third kappa shape index (κ3) is 3.90. The molecule has 1 saturated carbocycles. The van der Waals surface area contributed by atoms with Crippen LogP contribution in [0.25, 0.3) is 0 Å². The highest BCUT2D eigenvalue weighted by atomic mass is 16.5. The monoisotopic (exact) mass is 400 g/mol. The lowest BCUT2D eigenvalue weighted by Crippen LogP contribution is -2.40. The highest BCUT2D eigenvalue weighted by Gasteiger charge is 2.58. The van der Waals surface area contributed by atoms with Crippen LogP contribution in [0.4, 0.5) is 0 Å². The number of allylic oxidation sites excluding steroid dienone is 2. The number of nitrogens with one attached hydrogen (secondary N) is 2. The number of aryl methyl sites for hydroxylation is 2. The lowest BCUT2D eigenvalue weighted by Gasteiger charge is -2.18. The van der Waals surface area contributed by atoms with Gasteiger partial charge in [0.2, 0.25) is 17.7 Å². The van der Waals surface area contributed by atoms with Crippen molar-refractivity contribution >= 4 is 17.8 Å². The van der Waals surface area contributed by atoms with Gasteiger partial charge in [0.25, 0.3) is 0 Å². The maximum atomic E-state index is 12.7. The molecular weight excluding hydrogens is 372 g/mol. The molecule has 1 aromatic heterocycles. The highest BCUT2D eigenvalue weighted by Crippen LogP contribution is 2.52. The molecule has 0 aromatic carbocycles. The molecule has 2 heterocycles. The Labute approximate surface area is 170 Å². The molecule has 156 valence electrons. The Morgan fingerprint density at radius 2 is 1.83 bits per heavy atom. The summed E-state index contributed by atoms with van der Waals surface area (Å²) in [5.74, 6) is 2.35. The molecule has 2 N–H and O–H groups in total. The Kier molecular flexibility index (Phi) is 5.64. The molecule has 0 radical (unpaired) electrons. The van der Waals surface area contributed by atoms with Crippen molar-refractivity contribution in [2.75, 3.05) is 26.7 Å². The zero-order chi connectivity index (χ0) is 20.4. The number of rotatable bonds is 8. The van der Waals surface area contributed by atoms with E-state index in [-0.39, 0.29) is 35.5 Å². The fourth-order valence-electron chi connectivity index (χ4n) is 4.74. The Morgan fingerprint density at radius 1 is 1.17 bits per heavy atom. The highest BCUT2D eigenvalue weighted by molar-refractivity contribution is 6.06. The van der Waals surface area contributed by atoms with Crippen LogP contribution in [0, 0.1) is 30.6 Å². The Balaban J connectivity index is 1.14. The SMILES string of the molecule is CN=C(NCCCc1nc(C)no1)NCCCN1C(=O)C2C3C=CC(C3)C2C1=O. The van der Waals surface area contributed by atoms with Crippen LogP contribution >= 0.6 is 0 Å². The fourth-order valence-corrected chi connectivity index (χ4v) is 4.74. The van der Waals surface area contributed by atoms with Crippen molar-refractivity contribution in [1.82, 2.24) is 25.7 Å². The van der Waals surface area contributed by atoms with Crippen molar-refractivity contribution in [3.63, 3.8) is 0 Å². The Morgan fingerprint density at radius 3 is 2.41 bits per heavy atom. The van der Waals surface area contributed by atoms with E-state index in [2.05, 4.69) is 37.9 Å². The molecule has 1 saturated heterocycles. The van der Waals surface area contributed by atoms with E-state index < -0.39 is 0 Å². The van der Waals surface area contributed by atoms with E-state index >= 15 is 0 Å². The van der Waals surface area contributed by atoms with Gasteiger partial charge in [0.15, 0.2) is 11.8 Å². The van der Waals surface area contributed by atoms with Crippen molar-refractivity contribution in [2.45, 2.75) is 32.6 Å². The van der Waals surface area contributed by atoms with Gasteiger partial charge in [-0.05, 0) is 38.0 Å². The largest absolute Gasteiger partial charge is 0.356 e. The van der Waals surface area contributed by atoms with Gasteiger partial charge in [-0.25, -0.2) is 0 Å². The summed E-state index contributed by atoms with van der Waals surface area (Å²) in [7, 11) is 1.72. The summed E-state index contributed by atoms with van der Waals surface area (Å²) in [6.07, 6.45) is 7.47. The first-order valence-corrected chi connectivity index (χ1v) is 10.4. The molecule has 0 spiro atoms. The molecule has 4 rings (SSSR count). The number of hydrogen-bond donors (Lipinski definition) is 2. The summed E-state index contributed by atoms with van der Waals surface area (Å²) in [5, 5.41) is 10.2. The first-order valence-electron chi connectivity index (χ1n) is 10.4. The topological polar surface area (TPSA) is 113 Å². The number of aliphatic imine (C=N–C) groups is 1. The van der Waals surface area contributed by atoms with Gasteiger partial charge in [0.05, 0.1) is 11.8 Å². The van der Waals surface area contributed by atoms with Crippen LogP contribution in [0.1, 0.15) is 31.0 Å². The molecule has 2 fully saturated rings. The molecule has 29 heavy (non-hydrogen) atoms. The van der Waals surface area contributed by atoms with Crippen LogP contribution < -0.4 is 10.6 Å². The summed E-state index contributed by atoms with van der Waals surface area (Å²) in [5.41, 5.74) is 0. The van der Waals surface area contributed by atoms with Crippen LogP contribution in [0.5, 0.6) is 0 Å². The zero-order valence-electron chi connectivity index (χ0n) is 16.9. The average molecular weight is 400 g/mol. The Hall–Kier alpha value is -2.71. The average Bonchev–Trinajstić information content (AvgIpc) is 3.47. The van der Waals surface area contributed by atoms with Crippen molar-refractivity contribution in [3.8, 4) is 0 Å². The number of hydrogen-bond acceptors (Lipinski definition) is 6. The van der Waals surface area contributed by atoms with Gasteiger partial charge in [0, 0.05) is 33.1 Å². The number of nitrogens with zero attached hydrogens (tertiary/aromatic N) is 4. The van der Waals surface area contributed by atoms with E-state index in [0.29, 0.717) is 43.6 Å². The number of imide groups is 1. The zero-order valence-corrected chi connectivity index (χ0v) is 16.9. The van der Waals surface area contributed by atoms with Crippen molar-refractivity contribution in [3.05, 3.63) is 23.9 Å². The second kappa shape index (κ2) is 8.34. The van der Waals surface area contributed by atoms with E-state index in [1.807, 2.05) is 0 Å². The summed E-state index contributed by atoms with van der Waals surface area (Å²) in [6.45, 7) is 3.63. The van der Waals surface area contributed by atoms with Gasteiger partial charge in [-0.3, -0.25) is 19.5 Å². The third-order valence-electron chi connectivity index (χ3n) is 6.07. The van der Waals surface area contributed by atoms with Crippen LogP contribution in [0.2, 0.25) is 0 Å². The van der Waals surface area contributed by atoms with E-state index in [4.69, 9.17) is 4.52 Å². The van der Waals surface area contributed by atoms with Gasteiger partial charge >= 0.3 is 0 Å². The fraction of sp³-hybridized carbons (Fsp3) is 0.650. The van der Waals surface area contributed by atoms with E-state index in [0.717, 1.165) is 19.4 Å². The number of fused-ring (bicyclic) bond motifs is 5. The number of guanidine groups is 1. The predicted octanol–water partition coefficient (Wildman–Crippen LogP) is 0.673. The predicted molar refractivity (Wildman–Crippen MR) is 106 cm³/mol. The second-order valence-corrected chi connectivity index (χ2v) is 7.95. The molecule has 2 bridgehead atoms. The lowest BCUT2D eigenvalue weighted by atomic mass is 9.85. The molecule has 9 heteroatoms. The van der Waals surface area contributed by atoms with Crippen molar-refractivity contribution in [2.24, 2.45) is 28.7 Å². The molecule has 1 aromatic rings. The van der Waals surface area contributed by atoms with E-state index in [1.54, 1.807) is 14.0 Å². The molecule has 4 unspecified atom stereocenters. The van der Waals surface area contributed by atoms with Crippen LogP contribution in [-0.2, 0) is 16.0 Å². The molecule has 4 atom stereocenters. The lowest BCUT2D eigenvalue weighted by molar-refractivity contribution is -0.140. The maximum absolute atomic E-state index is 12.7.